The summed E-state index contributed by atoms with van der Waals surface area (Å²) in [4.78, 5) is 47.3. The number of hydrogen-bond acceptors (Lipinski definition) is 13. The van der Waals surface area contributed by atoms with Crippen LogP contribution in [-0.4, -0.2) is 86.0 Å². The highest BCUT2D eigenvalue weighted by Gasteiger charge is 2.47. The Balaban J connectivity index is 1.55. The number of halogens is 1. The van der Waals surface area contributed by atoms with Crippen LogP contribution in [0.25, 0.3) is 5.69 Å². The number of ether oxygens (including phenoxy) is 4. The molecule has 1 aromatic heterocycles. The highest BCUT2D eigenvalue weighted by molar-refractivity contribution is 7.99. The monoisotopic (exact) mass is 601 g/mol. The zero-order valence-corrected chi connectivity index (χ0v) is 23.2. The van der Waals surface area contributed by atoms with Crippen molar-refractivity contribution in [2.75, 3.05) is 12.4 Å². The molecule has 3 N–H and O–H groups in total. The highest BCUT2D eigenvalue weighted by Crippen LogP contribution is 2.23. The van der Waals surface area contributed by atoms with Gasteiger partial charge in [-0.2, -0.15) is 4.68 Å². The van der Waals surface area contributed by atoms with Crippen LogP contribution >= 0.6 is 35.6 Å². The molecule has 1 aliphatic rings. The molecule has 0 aliphatic carbocycles. The van der Waals surface area contributed by atoms with Gasteiger partial charge in [-0.15, -0.1) is 5.10 Å². The average Bonchev–Trinajstić information content (AvgIpc) is 3.33. The summed E-state index contributed by atoms with van der Waals surface area (Å²) in [6.07, 6.45) is -4.55. The second-order valence-corrected chi connectivity index (χ2v) is 9.62. The van der Waals surface area contributed by atoms with Crippen molar-refractivity contribution in [3.8, 4) is 5.69 Å². The Morgan fingerprint density at radius 2 is 1.69 bits per heavy atom. The van der Waals surface area contributed by atoms with Crippen LogP contribution in [0.5, 0.6) is 0 Å². The number of carbonyl (C=O) groups is 4. The molecule has 0 saturated carbocycles. The van der Waals surface area contributed by atoms with Crippen LogP contribution in [0.4, 0.5) is 0 Å². The minimum absolute atomic E-state index is 0.0713. The number of benzene rings is 1. The normalized spacial score (nSPS) is 20.3. The van der Waals surface area contributed by atoms with Crippen molar-refractivity contribution in [1.29, 1.82) is 0 Å². The van der Waals surface area contributed by atoms with Crippen molar-refractivity contribution in [3.63, 3.8) is 0 Å². The molecule has 1 aromatic carbocycles. The van der Waals surface area contributed by atoms with Crippen molar-refractivity contribution >= 4 is 64.5 Å². The van der Waals surface area contributed by atoms with E-state index < -0.39 is 48.4 Å². The fraction of sp³-hybridized carbons (Fsp3) is 0.429. The van der Waals surface area contributed by atoms with Gasteiger partial charge < -0.3 is 24.3 Å². The molecule has 1 saturated heterocycles. The van der Waals surface area contributed by atoms with E-state index in [-0.39, 0.29) is 17.5 Å². The van der Waals surface area contributed by atoms with Gasteiger partial charge >= 0.3 is 17.9 Å². The summed E-state index contributed by atoms with van der Waals surface area (Å²) in [6.45, 7) is 3.28. The quantitative estimate of drug-likeness (QED) is 0.121. The van der Waals surface area contributed by atoms with Gasteiger partial charge in [0.15, 0.2) is 29.7 Å². The molecule has 1 fully saturated rings. The van der Waals surface area contributed by atoms with Crippen molar-refractivity contribution < 1.29 is 38.1 Å². The first-order valence-corrected chi connectivity index (χ1v) is 13.0. The molecule has 0 unspecified atom stereocenters. The zero-order valence-electron chi connectivity index (χ0n) is 20.8. The van der Waals surface area contributed by atoms with Crippen LogP contribution < -0.4 is 16.2 Å². The molecular formula is C21H24ClN7O8S2. The lowest BCUT2D eigenvalue weighted by Crippen LogP contribution is -2.63. The van der Waals surface area contributed by atoms with Crippen molar-refractivity contribution in [1.82, 2.24) is 36.4 Å². The molecule has 2 aromatic rings. The molecule has 0 spiro atoms. The first-order valence-electron chi connectivity index (χ1n) is 11.2. The third kappa shape index (κ3) is 9.02. The Labute approximate surface area is 236 Å². The number of tetrazole rings is 1. The Kier molecular flexibility index (Phi) is 10.8. The Hall–Kier alpha value is -3.54. The summed E-state index contributed by atoms with van der Waals surface area (Å²) in [6, 6.07) is 6.83. The molecule has 18 heteroatoms. The Morgan fingerprint density at radius 3 is 2.33 bits per heavy atom. The zero-order chi connectivity index (χ0) is 28.5. The summed E-state index contributed by atoms with van der Waals surface area (Å²) in [7, 11) is 0. The van der Waals surface area contributed by atoms with Crippen LogP contribution in [0.2, 0.25) is 5.02 Å². The smallest absolute Gasteiger partial charge is 0.303 e. The summed E-state index contributed by atoms with van der Waals surface area (Å²) >= 11 is 12.2. The predicted molar refractivity (Wildman–Crippen MR) is 138 cm³/mol. The minimum Gasteiger partial charge on any atom is -0.456 e. The highest BCUT2D eigenvalue weighted by atomic mass is 35.5. The molecule has 0 bridgehead atoms. The Morgan fingerprint density at radius 1 is 1.05 bits per heavy atom. The van der Waals surface area contributed by atoms with Gasteiger partial charge in [0, 0.05) is 25.8 Å². The Bertz CT molecular complexity index is 1220. The van der Waals surface area contributed by atoms with Gasteiger partial charge in [-0.25, -0.2) is 0 Å². The van der Waals surface area contributed by atoms with Crippen LogP contribution in [0, 0.1) is 0 Å². The largest absolute Gasteiger partial charge is 0.456 e. The standard InChI is InChI=1S/C21H24ClN7O8S2/c1-10(30)35-15-8-34-19(18(37-12(3)32)17(15)36-11(2)31)23-20(38)25-24-16(33)9-39-21-26-27-28-29(21)14-6-4-13(22)5-7-14/h4-7,15,17-19H,8-9H2,1-3H3,(H,24,33)(H2,23,25,38)/t15-,17+,18-,19-/m1/s1. The van der Waals surface area contributed by atoms with Gasteiger partial charge in [0.2, 0.25) is 11.1 Å². The number of rotatable bonds is 8. The molecule has 0 radical (unpaired) electrons. The van der Waals surface area contributed by atoms with E-state index in [1.807, 2.05) is 0 Å². The maximum atomic E-state index is 12.4. The van der Waals surface area contributed by atoms with Gasteiger partial charge in [-0.1, -0.05) is 23.4 Å². The van der Waals surface area contributed by atoms with Crippen molar-refractivity contribution in [3.05, 3.63) is 29.3 Å². The molecule has 2 heterocycles. The number of aromatic nitrogens is 4. The van der Waals surface area contributed by atoms with Gasteiger partial charge in [0.05, 0.1) is 18.0 Å². The molecule has 3 rings (SSSR count). The van der Waals surface area contributed by atoms with E-state index in [0.29, 0.717) is 15.9 Å². The SMILES string of the molecule is CC(=O)O[C@@H]1[C@@H](OC(C)=O)[C@H](OC(C)=O)CO[C@H]1NC(=S)NNC(=O)CSc1nnnn1-c1ccc(Cl)cc1. The second kappa shape index (κ2) is 14.0. The molecule has 39 heavy (non-hydrogen) atoms. The van der Waals surface area contributed by atoms with Crippen LogP contribution in [0.3, 0.4) is 0 Å². The number of nitrogens with one attached hydrogen (secondary N) is 3. The number of esters is 3. The van der Waals surface area contributed by atoms with E-state index in [9.17, 15) is 19.2 Å². The third-order valence-electron chi connectivity index (χ3n) is 4.78. The van der Waals surface area contributed by atoms with Crippen LogP contribution in [-0.2, 0) is 38.1 Å². The van der Waals surface area contributed by atoms with Crippen LogP contribution in [0.1, 0.15) is 20.8 Å². The maximum Gasteiger partial charge on any atom is 0.303 e. The third-order valence-corrected chi connectivity index (χ3v) is 6.17. The second-order valence-electron chi connectivity index (χ2n) is 7.83. The van der Waals surface area contributed by atoms with E-state index in [0.717, 1.165) is 25.6 Å². The number of hydrogen-bond donors (Lipinski definition) is 3. The van der Waals surface area contributed by atoms with E-state index in [1.54, 1.807) is 24.3 Å². The molecule has 15 nitrogen and oxygen atoms in total. The fourth-order valence-corrected chi connectivity index (χ4v) is 4.32. The molecule has 4 atom stereocenters. The van der Waals surface area contributed by atoms with Gasteiger partial charge in [-0.3, -0.25) is 30.0 Å². The first kappa shape index (κ1) is 30.0. The lowest BCUT2D eigenvalue weighted by atomic mass is 10.0. The molecule has 1 amide bonds. The lowest BCUT2D eigenvalue weighted by Gasteiger charge is -2.40. The summed E-state index contributed by atoms with van der Waals surface area (Å²) in [5.41, 5.74) is 5.58. The number of carbonyl (C=O) groups excluding carboxylic acids is 4. The number of hydrazine groups is 1. The average molecular weight is 602 g/mol. The predicted octanol–water partition coefficient (Wildman–Crippen LogP) is 0.0545. The van der Waals surface area contributed by atoms with E-state index >= 15 is 0 Å². The number of amides is 1. The summed E-state index contributed by atoms with van der Waals surface area (Å²) in [5, 5.41) is 15.0. The summed E-state index contributed by atoms with van der Waals surface area (Å²) < 4.78 is 22.8. The fourth-order valence-electron chi connectivity index (χ4n) is 3.34. The van der Waals surface area contributed by atoms with Gasteiger partial charge in [-0.05, 0) is 46.9 Å². The molecular weight excluding hydrogens is 578 g/mol. The lowest BCUT2D eigenvalue weighted by molar-refractivity contribution is -0.227. The van der Waals surface area contributed by atoms with E-state index in [2.05, 4.69) is 31.7 Å². The van der Waals surface area contributed by atoms with Crippen molar-refractivity contribution in [2.45, 2.75) is 50.5 Å². The van der Waals surface area contributed by atoms with Crippen molar-refractivity contribution in [2.24, 2.45) is 0 Å². The maximum absolute atomic E-state index is 12.4. The van der Waals surface area contributed by atoms with E-state index in [1.165, 1.54) is 11.6 Å². The molecule has 210 valence electrons. The number of nitrogens with zero attached hydrogens (tertiary/aromatic N) is 4. The van der Waals surface area contributed by atoms with Gasteiger partial charge in [0.25, 0.3) is 0 Å². The molecule has 1 aliphatic heterocycles. The first-order chi connectivity index (χ1) is 18.5. The number of thioether (sulfide) groups is 1. The van der Waals surface area contributed by atoms with Gasteiger partial charge in [0.1, 0.15) is 0 Å². The minimum atomic E-state index is -1.23. The summed E-state index contributed by atoms with van der Waals surface area (Å²) in [5.74, 6) is -2.58. The number of thiocarbonyl (C=S) groups is 1. The van der Waals surface area contributed by atoms with E-state index in [4.69, 9.17) is 42.8 Å². The topological polar surface area (TPSA) is 185 Å². The van der Waals surface area contributed by atoms with Crippen LogP contribution in [0.15, 0.2) is 29.4 Å².